The number of nitrogens with zero attached hydrogens (tertiary/aromatic N) is 6. The topological polar surface area (TPSA) is 84.2 Å². The number of aryl methyl sites for hydroxylation is 1. The van der Waals surface area contributed by atoms with Crippen LogP contribution in [0.15, 0.2) is 59.5 Å². The van der Waals surface area contributed by atoms with Gasteiger partial charge >= 0.3 is 0 Å². The van der Waals surface area contributed by atoms with Crippen LogP contribution in [0.4, 0.5) is 5.95 Å². The van der Waals surface area contributed by atoms with Crippen LogP contribution in [0.3, 0.4) is 0 Å². The normalized spacial score (nSPS) is 15.8. The van der Waals surface area contributed by atoms with Gasteiger partial charge in [0, 0.05) is 26.2 Å². The van der Waals surface area contributed by atoms with Crippen molar-refractivity contribution < 1.29 is 8.42 Å². The predicted molar refractivity (Wildman–Crippen MR) is 101 cm³/mol. The Morgan fingerprint density at radius 3 is 2.22 bits per heavy atom. The Balaban J connectivity index is 1.50. The first-order chi connectivity index (χ1) is 13.1. The molecule has 2 heterocycles. The van der Waals surface area contributed by atoms with E-state index in [0.29, 0.717) is 37.0 Å². The highest BCUT2D eigenvalue weighted by Crippen LogP contribution is 2.21. The molecule has 0 radical (unpaired) electrons. The molecule has 0 bridgehead atoms. The summed E-state index contributed by atoms with van der Waals surface area (Å²) < 4.78 is 28.9. The van der Waals surface area contributed by atoms with Crippen molar-refractivity contribution in [3.63, 3.8) is 0 Å². The van der Waals surface area contributed by atoms with Crippen LogP contribution in [0.25, 0.3) is 5.69 Å². The molecule has 2 aromatic carbocycles. The van der Waals surface area contributed by atoms with Crippen LogP contribution < -0.4 is 4.90 Å². The monoisotopic (exact) mass is 384 g/mol. The van der Waals surface area contributed by atoms with Crippen molar-refractivity contribution in [2.75, 3.05) is 31.1 Å². The molecule has 3 aromatic rings. The third kappa shape index (κ3) is 3.43. The van der Waals surface area contributed by atoms with Crippen molar-refractivity contribution >= 4 is 16.0 Å². The lowest BCUT2D eigenvalue weighted by atomic mass is 10.2. The van der Waals surface area contributed by atoms with Crippen LogP contribution in [0.2, 0.25) is 0 Å². The molecule has 0 aliphatic carbocycles. The number of sulfonamides is 1. The Kier molecular flexibility index (Phi) is 4.63. The van der Waals surface area contributed by atoms with E-state index in [1.807, 2.05) is 54.3 Å². The zero-order chi connectivity index (χ0) is 18.9. The van der Waals surface area contributed by atoms with Crippen LogP contribution in [0, 0.1) is 6.92 Å². The van der Waals surface area contributed by atoms with E-state index in [1.54, 1.807) is 16.8 Å². The van der Waals surface area contributed by atoms with Gasteiger partial charge in [-0.05, 0) is 41.6 Å². The highest BCUT2D eigenvalue weighted by Gasteiger charge is 2.30. The Hall–Kier alpha value is -2.78. The van der Waals surface area contributed by atoms with Gasteiger partial charge in [0.05, 0.1) is 10.6 Å². The minimum atomic E-state index is -3.49. The SMILES string of the molecule is Cc1ccc(S(=O)(=O)N2CCN(c3nnnn3-c3ccccc3)CC2)cc1. The fourth-order valence-corrected chi connectivity index (χ4v) is 4.53. The minimum Gasteiger partial charge on any atom is -0.337 e. The van der Waals surface area contributed by atoms with Crippen LogP contribution in [-0.4, -0.2) is 59.1 Å². The molecule has 1 aliphatic rings. The minimum absolute atomic E-state index is 0.329. The second-order valence-electron chi connectivity index (χ2n) is 6.43. The summed E-state index contributed by atoms with van der Waals surface area (Å²) in [5, 5.41) is 12.0. The summed E-state index contributed by atoms with van der Waals surface area (Å²) >= 11 is 0. The van der Waals surface area contributed by atoms with Crippen molar-refractivity contribution in [1.82, 2.24) is 24.5 Å². The molecule has 0 saturated carbocycles. The van der Waals surface area contributed by atoms with E-state index in [2.05, 4.69) is 15.5 Å². The van der Waals surface area contributed by atoms with Gasteiger partial charge in [0.25, 0.3) is 0 Å². The number of tetrazole rings is 1. The van der Waals surface area contributed by atoms with E-state index in [1.165, 1.54) is 4.31 Å². The lowest BCUT2D eigenvalue weighted by Gasteiger charge is -2.34. The maximum Gasteiger partial charge on any atom is 0.250 e. The van der Waals surface area contributed by atoms with Crippen molar-refractivity contribution in [2.24, 2.45) is 0 Å². The summed E-state index contributed by atoms with van der Waals surface area (Å²) in [6.45, 7) is 3.76. The summed E-state index contributed by atoms with van der Waals surface area (Å²) in [4.78, 5) is 2.34. The molecule has 0 spiro atoms. The van der Waals surface area contributed by atoms with Crippen LogP contribution in [0.5, 0.6) is 0 Å². The standard InChI is InChI=1S/C18H20N6O2S/c1-15-7-9-17(10-8-15)27(25,26)23-13-11-22(12-14-23)18-19-20-21-24(18)16-5-3-2-4-6-16/h2-10H,11-14H2,1H3. The summed E-state index contributed by atoms with van der Waals surface area (Å²) in [6, 6.07) is 16.6. The zero-order valence-corrected chi connectivity index (χ0v) is 15.7. The first kappa shape index (κ1) is 17.6. The molecule has 1 saturated heterocycles. The molecule has 0 amide bonds. The first-order valence-corrected chi connectivity index (χ1v) is 10.2. The maximum atomic E-state index is 12.8. The van der Waals surface area contributed by atoms with Gasteiger partial charge < -0.3 is 4.90 Å². The maximum absolute atomic E-state index is 12.8. The Morgan fingerprint density at radius 2 is 1.56 bits per heavy atom. The van der Waals surface area contributed by atoms with Gasteiger partial charge in [0.1, 0.15) is 0 Å². The number of aromatic nitrogens is 4. The molecular weight excluding hydrogens is 364 g/mol. The molecule has 0 N–H and O–H groups in total. The molecule has 1 aliphatic heterocycles. The van der Waals surface area contributed by atoms with E-state index in [4.69, 9.17) is 0 Å². The molecule has 140 valence electrons. The summed E-state index contributed by atoms with van der Waals surface area (Å²) in [6.07, 6.45) is 0. The Morgan fingerprint density at radius 1 is 0.889 bits per heavy atom. The first-order valence-electron chi connectivity index (χ1n) is 8.71. The smallest absolute Gasteiger partial charge is 0.250 e. The zero-order valence-electron chi connectivity index (χ0n) is 14.9. The number of benzene rings is 2. The van der Waals surface area contributed by atoms with Crippen molar-refractivity contribution in [2.45, 2.75) is 11.8 Å². The number of anilines is 1. The van der Waals surface area contributed by atoms with E-state index in [9.17, 15) is 8.42 Å². The predicted octanol–water partition coefficient (Wildman–Crippen LogP) is 1.48. The number of rotatable bonds is 4. The molecule has 1 fully saturated rings. The van der Waals surface area contributed by atoms with Gasteiger partial charge in [-0.15, -0.1) is 0 Å². The molecule has 0 atom stereocenters. The van der Waals surface area contributed by atoms with Gasteiger partial charge in [0.15, 0.2) is 0 Å². The summed E-state index contributed by atoms with van der Waals surface area (Å²) in [7, 11) is -3.49. The molecule has 8 nitrogen and oxygen atoms in total. The summed E-state index contributed by atoms with van der Waals surface area (Å²) in [5.74, 6) is 0.619. The molecule has 0 unspecified atom stereocenters. The van der Waals surface area contributed by atoms with Crippen molar-refractivity contribution in [1.29, 1.82) is 0 Å². The molecule has 1 aromatic heterocycles. The molecular formula is C18H20N6O2S. The molecule has 4 rings (SSSR count). The van der Waals surface area contributed by atoms with Crippen LogP contribution in [0.1, 0.15) is 5.56 Å². The van der Waals surface area contributed by atoms with E-state index < -0.39 is 10.0 Å². The quantitative estimate of drug-likeness (QED) is 0.677. The molecule has 9 heteroatoms. The third-order valence-electron chi connectivity index (χ3n) is 4.63. The fraction of sp³-hybridized carbons (Fsp3) is 0.278. The number of hydrogen-bond donors (Lipinski definition) is 0. The molecule has 27 heavy (non-hydrogen) atoms. The Labute approximate surface area is 158 Å². The third-order valence-corrected chi connectivity index (χ3v) is 6.55. The number of para-hydroxylation sites is 1. The lowest BCUT2D eigenvalue weighted by Crippen LogP contribution is -2.49. The van der Waals surface area contributed by atoms with Gasteiger partial charge in [-0.2, -0.15) is 8.99 Å². The van der Waals surface area contributed by atoms with Gasteiger partial charge in [0.2, 0.25) is 16.0 Å². The highest BCUT2D eigenvalue weighted by atomic mass is 32.2. The van der Waals surface area contributed by atoms with Crippen molar-refractivity contribution in [3.05, 3.63) is 60.2 Å². The number of piperazine rings is 1. The summed E-state index contributed by atoms with van der Waals surface area (Å²) in [5.41, 5.74) is 1.90. The Bertz CT molecular complexity index is 1010. The number of hydrogen-bond acceptors (Lipinski definition) is 6. The van der Waals surface area contributed by atoms with E-state index in [-0.39, 0.29) is 0 Å². The lowest BCUT2D eigenvalue weighted by molar-refractivity contribution is 0.381. The van der Waals surface area contributed by atoms with Gasteiger partial charge in [-0.3, -0.25) is 0 Å². The highest BCUT2D eigenvalue weighted by molar-refractivity contribution is 7.89. The average Bonchev–Trinajstić information content (AvgIpc) is 3.19. The largest absolute Gasteiger partial charge is 0.337 e. The fourth-order valence-electron chi connectivity index (χ4n) is 3.10. The second-order valence-corrected chi connectivity index (χ2v) is 8.37. The van der Waals surface area contributed by atoms with Crippen LogP contribution >= 0.6 is 0 Å². The van der Waals surface area contributed by atoms with Gasteiger partial charge in [-0.1, -0.05) is 41.0 Å². The average molecular weight is 384 g/mol. The van der Waals surface area contributed by atoms with Gasteiger partial charge in [-0.25, -0.2) is 8.42 Å². The van der Waals surface area contributed by atoms with E-state index in [0.717, 1.165) is 11.3 Å². The second kappa shape index (κ2) is 7.09. The van der Waals surface area contributed by atoms with E-state index >= 15 is 0 Å². The van der Waals surface area contributed by atoms with Crippen molar-refractivity contribution in [3.8, 4) is 5.69 Å². The van der Waals surface area contributed by atoms with Crippen LogP contribution in [-0.2, 0) is 10.0 Å².